The number of aryl methyl sites for hydroxylation is 3. The number of carbonyl (C=O) groups is 1. The summed E-state index contributed by atoms with van der Waals surface area (Å²) >= 11 is 0. The second-order valence-electron chi connectivity index (χ2n) is 4.62. The lowest BCUT2D eigenvalue weighted by Gasteiger charge is -2.04. The minimum Gasteiger partial charge on any atom is -0.358 e. The van der Waals surface area contributed by atoms with Crippen molar-refractivity contribution in [3.8, 4) is 0 Å². The lowest BCUT2D eigenvalue weighted by Crippen LogP contribution is -2.25. The molecule has 0 fully saturated rings. The highest BCUT2D eigenvalue weighted by atomic mass is 16.6. The van der Waals surface area contributed by atoms with Gasteiger partial charge >= 0.3 is 5.82 Å². The molecule has 0 radical (unpaired) electrons. The van der Waals surface area contributed by atoms with Crippen molar-refractivity contribution in [1.82, 2.24) is 24.9 Å². The Labute approximate surface area is 120 Å². The van der Waals surface area contributed by atoms with E-state index >= 15 is 0 Å². The van der Waals surface area contributed by atoms with Crippen LogP contribution >= 0.6 is 0 Å². The maximum absolute atomic E-state index is 11.7. The number of rotatable bonds is 6. The van der Waals surface area contributed by atoms with Crippen LogP contribution in [0.1, 0.15) is 17.8 Å². The van der Waals surface area contributed by atoms with Crippen molar-refractivity contribution in [2.75, 3.05) is 0 Å². The number of nitrogens with zero attached hydrogens (tertiary/aromatic N) is 5. The summed E-state index contributed by atoms with van der Waals surface area (Å²) in [5.41, 5.74) is 1.81. The Morgan fingerprint density at radius 1 is 1.48 bits per heavy atom. The summed E-state index contributed by atoms with van der Waals surface area (Å²) < 4.78 is 3.10. The first-order valence-electron chi connectivity index (χ1n) is 6.40. The standard InChI is InChI=1S/C12H16N6O3/c1-9-7-10(16(2)14-9)8-13-12(19)4-6-17-5-3-11(15-17)18(20)21/h3,5,7H,4,6,8H2,1-2H3,(H,13,19). The lowest BCUT2D eigenvalue weighted by molar-refractivity contribution is -0.389. The van der Waals surface area contributed by atoms with Crippen LogP contribution in [0.15, 0.2) is 18.3 Å². The van der Waals surface area contributed by atoms with Gasteiger partial charge in [-0.1, -0.05) is 0 Å². The highest BCUT2D eigenvalue weighted by Crippen LogP contribution is 2.06. The number of hydrogen-bond donors (Lipinski definition) is 1. The summed E-state index contributed by atoms with van der Waals surface area (Å²) in [6.45, 7) is 2.58. The molecule has 0 aliphatic heterocycles. The quantitative estimate of drug-likeness (QED) is 0.617. The summed E-state index contributed by atoms with van der Waals surface area (Å²) in [4.78, 5) is 21.7. The number of hydrogen-bond acceptors (Lipinski definition) is 5. The van der Waals surface area contributed by atoms with Crippen molar-refractivity contribution < 1.29 is 9.72 Å². The average Bonchev–Trinajstić information content (AvgIpc) is 3.01. The summed E-state index contributed by atoms with van der Waals surface area (Å²) in [5.74, 6) is -0.368. The van der Waals surface area contributed by atoms with Gasteiger partial charge in [-0.05, 0) is 17.9 Å². The molecule has 9 heteroatoms. The zero-order chi connectivity index (χ0) is 15.4. The second kappa shape index (κ2) is 6.16. The Morgan fingerprint density at radius 3 is 2.81 bits per heavy atom. The molecule has 0 unspecified atom stereocenters. The molecule has 0 aliphatic carbocycles. The first kappa shape index (κ1) is 14.7. The number of amides is 1. The molecule has 0 bridgehead atoms. The topological polar surface area (TPSA) is 108 Å². The molecule has 0 saturated heterocycles. The van der Waals surface area contributed by atoms with Gasteiger partial charge in [0.2, 0.25) is 5.91 Å². The number of nitro groups is 1. The minimum absolute atomic E-state index is 0.146. The Morgan fingerprint density at radius 2 is 2.24 bits per heavy atom. The Kier molecular flexibility index (Phi) is 4.31. The monoisotopic (exact) mass is 292 g/mol. The maximum atomic E-state index is 11.7. The van der Waals surface area contributed by atoms with Crippen LogP contribution < -0.4 is 5.32 Å². The van der Waals surface area contributed by atoms with E-state index in [1.165, 1.54) is 16.9 Å². The minimum atomic E-state index is -0.568. The molecule has 2 heterocycles. The van der Waals surface area contributed by atoms with Crippen LogP contribution in [0.2, 0.25) is 0 Å². The fourth-order valence-corrected chi connectivity index (χ4v) is 1.90. The molecular formula is C12H16N6O3. The van der Waals surface area contributed by atoms with Gasteiger partial charge in [0.05, 0.1) is 41.8 Å². The van der Waals surface area contributed by atoms with Crippen molar-refractivity contribution >= 4 is 11.7 Å². The largest absolute Gasteiger partial charge is 0.389 e. The zero-order valence-corrected chi connectivity index (χ0v) is 11.8. The van der Waals surface area contributed by atoms with Gasteiger partial charge in [0.1, 0.15) is 0 Å². The Balaban J connectivity index is 1.79. The molecule has 1 amide bonds. The van der Waals surface area contributed by atoms with Gasteiger partial charge < -0.3 is 15.4 Å². The molecule has 112 valence electrons. The van der Waals surface area contributed by atoms with E-state index in [0.717, 1.165) is 11.4 Å². The second-order valence-corrected chi connectivity index (χ2v) is 4.62. The van der Waals surface area contributed by atoms with Crippen molar-refractivity contribution in [2.45, 2.75) is 26.4 Å². The molecule has 9 nitrogen and oxygen atoms in total. The van der Waals surface area contributed by atoms with E-state index in [0.29, 0.717) is 13.1 Å². The molecule has 0 aromatic carbocycles. The van der Waals surface area contributed by atoms with Gasteiger partial charge in [-0.2, -0.15) is 9.78 Å². The zero-order valence-electron chi connectivity index (χ0n) is 11.8. The van der Waals surface area contributed by atoms with Gasteiger partial charge in [-0.15, -0.1) is 0 Å². The van der Waals surface area contributed by atoms with Gasteiger partial charge in [0.25, 0.3) is 0 Å². The third-order valence-electron chi connectivity index (χ3n) is 2.95. The summed E-state index contributed by atoms with van der Waals surface area (Å²) in [5, 5.41) is 21.2. The number of nitrogens with one attached hydrogen (secondary N) is 1. The first-order valence-corrected chi connectivity index (χ1v) is 6.40. The smallest absolute Gasteiger partial charge is 0.358 e. The molecule has 2 rings (SSSR count). The van der Waals surface area contributed by atoms with E-state index in [-0.39, 0.29) is 18.1 Å². The van der Waals surface area contributed by atoms with Crippen LogP contribution in [0, 0.1) is 17.0 Å². The van der Waals surface area contributed by atoms with Crippen LogP contribution in [0.5, 0.6) is 0 Å². The molecular weight excluding hydrogens is 276 g/mol. The predicted octanol–water partition coefficient (Wildman–Crippen LogP) is 0.540. The number of carbonyl (C=O) groups excluding carboxylic acids is 1. The van der Waals surface area contributed by atoms with Crippen LogP contribution in [0.25, 0.3) is 0 Å². The fourth-order valence-electron chi connectivity index (χ4n) is 1.90. The average molecular weight is 292 g/mol. The van der Waals surface area contributed by atoms with E-state index in [4.69, 9.17) is 0 Å². The van der Waals surface area contributed by atoms with E-state index in [1.807, 2.05) is 20.0 Å². The molecule has 0 aliphatic rings. The fraction of sp³-hybridized carbons (Fsp3) is 0.417. The van der Waals surface area contributed by atoms with E-state index in [2.05, 4.69) is 15.5 Å². The van der Waals surface area contributed by atoms with Crippen LogP contribution in [0.3, 0.4) is 0 Å². The van der Waals surface area contributed by atoms with Gasteiger partial charge in [0.15, 0.2) is 0 Å². The van der Waals surface area contributed by atoms with Crippen LogP contribution in [0.4, 0.5) is 5.82 Å². The van der Waals surface area contributed by atoms with Crippen molar-refractivity contribution in [1.29, 1.82) is 0 Å². The molecule has 0 saturated carbocycles. The van der Waals surface area contributed by atoms with Crippen molar-refractivity contribution in [3.05, 3.63) is 39.8 Å². The Hall–Kier alpha value is -2.71. The molecule has 0 atom stereocenters. The highest BCUT2D eigenvalue weighted by Gasteiger charge is 2.12. The van der Waals surface area contributed by atoms with Crippen LogP contribution in [-0.4, -0.2) is 30.4 Å². The van der Waals surface area contributed by atoms with E-state index in [9.17, 15) is 14.9 Å². The van der Waals surface area contributed by atoms with E-state index in [1.54, 1.807) is 4.68 Å². The maximum Gasteiger partial charge on any atom is 0.389 e. The summed E-state index contributed by atoms with van der Waals surface area (Å²) in [6, 6.07) is 3.20. The summed E-state index contributed by atoms with van der Waals surface area (Å²) in [7, 11) is 1.82. The molecule has 21 heavy (non-hydrogen) atoms. The molecule has 1 N–H and O–H groups in total. The molecule has 2 aromatic rings. The van der Waals surface area contributed by atoms with Gasteiger partial charge in [-0.25, -0.2) is 0 Å². The summed E-state index contributed by atoms with van der Waals surface area (Å²) in [6.07, 6.45) is 1.69. The van der Waals surface area contributed by atoms with E-state index < -0.39 is 4.92 Å². The number of aromatic nitrogens is 4. The van der Waals surface area contributed by atoms with Crippen LogP contribution in [-0.2, 0) is 24.9 Å². The molecule has 2 aromatic heterocycles. The third-order valence-corrected chi connectivity index (χ3v) is 2.95. The molecule has 0 spiro atoms. The van der Waals surface area contributed by atoms with Crippen molar-refractivity contribution in [3.63, 3.8) is 0 Å². The lowest BCUT2D eigenvalue weighted by atomic mass is 10.3. The van der Waals surface area contributed by atoms with Gasteiger partial charge in [-0.3, -0.25) is 9.48 Å². The Bertz CT molecular complexity index is 660. The predicted molar refractivity (Wildman–Crippen MR) is 73.3 cm³/mol. The third kappa shape index (κ3) is 3.88. The first-order chi connectivity index (χ1) is 9.95. The highest BCUT2D eigenvalue weighted by molar-refractivity contribution is 5.75. The normalized spacial score (nSPS) is 10.6. The van der Waals surface area contributed by atoms with Gasteiger partial charge in [0, 0.05) is 13.5 Å². The van der Waals surface area contributed by atoms with Crippen molar-refractivity contribution in [2.24, 2.45) is 7.05 Å². The SMILES string of the molecule is Cc1cc(CNC(=O)CCn2ccc([N+](=O)[O-])n2)n(C)n1.